The van der Waals surface area contributed by atoms with Gasteiger partial charge in [0.2, 0.25) is 0 Å². The van der Waals surface area contributed by atoms with Crippen molar-refractivity contribution in [2.45, 2.75) is 24.0 Å². The summed E-state index contributed by atoms with van der Waals surface area (Å²) in [6.07, 6.45) is 4.96. The third-order valence-electron chi connectivity index (χ3n) is 5.14. The summed E-state index contributed by atoms with van der Waals surface area (Å²) in [5, 5.41) is 0.627. The lowest BCUT2D eigenvalue weighted by Crippen LogP contribution is -2.08. The summed E-state index contributed by atoms with van der Waals surface area (Å²) in [5.41, 5.74) is 8.91. The Morgan fingerprint density at radius 1 is 1.03 bits per heavy atom. The smallest absolute Gasteiger partial charge is 0.162 e. The summed E-state index contributed by atoms with van der Waals surface area (Å²) < 4.78 is 38.2. The van der Waals surface area contributed by atoms with Crippen LogP contribution in [0.4, 0.5) is 10.1 Å². The Bertz CT molecular complexity index is 1280. The summed E-state index contributed by atoms with van der Waals surface area (Å²) >= 11 is 1.30. The fraction of sp³-hybridized carbons (Fsp3) is 0.320. The Morgan fingerprint density at radius 3 is 2.51 bits per heavy atom. The van der Waals surface area contributed by atoms with Gasteiger partial charge in [0.05, 0.1) is 40.8 Å². The zero-order valence-electron chi connectivity index (χ0n) is 19.4. The molecule has 3 heterocycles. The predicted molar refractivity (Wildman–Crippen MR) is 138 cm³/mol. The zero-order valence-corrected chi connectivity index (χ0v) is 21.0. The molecule has 4 aromatic rings. The summed E-state index contributed by atoms with van der Waals surface area (Å²) in [6, 6.07) is 9.73. The molecule has 0 amide bonds. The van der Waals surface area contributed by atoms with Crippen LogP contribution >= 0.6 is 11.3 Å². The van der Waals surface area contributed by atoms with Crippen molar-refractivity contribution in [3.05, 3.63) is 54.6 Å². The molecule has 0 radical (unpaired) electrons. The van der Waals surface area contributed by atoms with Crippen molar-refractivity contribution in [1.29, 1.82) is 0 Å². The molecule has 0 bridgehead atoms. The first-order valence-corrected chi connectivity index (χ1v) is 13.5. The number of aromatic nitrogens is 3. The van der Waals surface area contributed by atoms with Crippen molar-refractivity contribution in [3.8, 4) is 22.6 Å². The quantitative estimate of drug-likeness (QED) is 0.263. The second-order valence-corrected chi connectivity index (χ2v) is 10.5. The number of hydrogen-bond acceptors (Lipinski definition) is 8. The van der Waals surface area contributed by atoms with E-state index in [9.17, 15) is 8.60 Å². The van der Waals surface area contributed by atoms with Crippen molar-refractivity contribution in [2.75, 3.05) is 37.9 Å². The minimum absolute atomic E-state index is 0.342. The molecule has 35 heavy (non-hydrogen) atoms. The number of benzene rings is 1. The summed E-state index contributed by atoms with van der Waals surface area (Å²) in [4.78, 5) is 14.2. The Hall–Kier alpha value is -2.79. The van der Waals surface area contributed by atoms with Gasteiger partial charge in [0.15, 0.2) is 5.82 Å². The van der Waals surface area contributed by atoms with Crippen LogP contribution < -0.4 is 5.73 Å². The number of fused-ring (bicyclic) bond motifs is 1. The standard InChI is InChI=1S/C25H27FN4O3S2/c1-2-11-32-13-14-33-12-4-15-35(31)25-21(27)20-22(17-6-8-19(26)9-7-17)29-23(30-24(20)34-25)18-5-3-10-28-16-18/h3,5-10,16H,2,4,11-15,27H2,1H3/t35-/m1/s1. The Morgan fingerprint density at radius 2 is 1.80 bits per heavy atom. The summed E-state index contributed by atoms with van der Waals surface area (Å²) in [7, 11) is -1.32. The molecule has 184 valence electrons. The average Bonchev–Trinajstić information content (AvgIpc) is 3.22. The van der Waals surface area contributed by atoms with Crippen LogP contribution in [0.15, 0.2) is 53.0 Å². The lowest BCUT2D eigenvalue weighted by atomic mass is 10.1. The first kappa shape index (κ1) is 25.3. The molecule has 0 saturated carbocycles. The SMILES string of the molecule is CCCOCCOCCC[S@@](=O)c1sc2nc(-c3cccnc3)nc(-c3ccc(F)cc3)c2c1N. The van der Waals surface area contributed by atoms with E-state index in [1.807, 2.05) is 12.1 Å². The molecule has 0 fully saturated rings. The van der Waals surface area contributed by atoms with Gasteiger partial charge in [-0.05, 0) is 49.2 Å². The molecule has 0 aliphatic heterocycles. The number of thiophene rings is 1. The molecular weight excluding hydrogens is 487 g/mol. The monoisotopic (exact) mass is 514 g/mol. The van der Waals surface area contributed by atoms with Gasteiger partial charge in [-0.15, -0.1) is 11.3 Å². The lowest BCUT2D eigenvalue weighted by Gasteiger charge is -2.08. The van der Waals surface area contributed by atoms with Crippen molar-refractivity contribution in [3.63, 3.8) is 0 Å². The van der Waals surface area contributed by atoms with Crippen LogP contribution in [-0.2, 0) is 20.3 Å². The van der Waals surface area contributed by atoms with Crippen LogP contribution in [0.3, 0.4) is 0 Å². The highest BCUT2D eigenvalue weighted by molar-refractivity contribution is 7.87. The molecule has 0 unspecified atom stereocenters. The Kier molecular flexibility index (Phi) is 8.86. The van der Waals surface area contributed by atoms with E-state index in [1.54, 1.807) is 24.5 Å². The Balaban J connectivity index is 1.59. The van der Waals surface area contributed by atoms with Crippen LogP contribution in [0, 0.1) is 5.82 Å². The van der Waals surface area contributed by atoms with Crippen molar-refractivity contribution < 1.29 is 18.1 Å². The van der Waals surface area contributed by atoms with Gasteiger partial charge in [0.25, 0.3) is 0 Å². The number of halogens is 1. The number of nitrogens with two attached hydrogens (primary N) is 1. The normalized spacial score (nSPS) is 12.3. The molecule has 2 N–H and O–H groups in total. The molecule has 3 aromatic heterocycles. The van der Waals surface area contributed by atoms with Crippen LogP contribution in [0.25, 0.3) is 32.9 Å². The van der Waals surface area contributed by atoms with Gasteiger partial charge in [-0.1, -0.05) is 6.92 Å². The van der Waals surface area contributed by atoms with E-state index in [-0.39, 0.29) is 5.82 Å². The van der Waals surface area contributed by atoms with E-state index >= 15 is 0 Å². The van der Waals surface area contributed by atoms with Crippen molar-refractivity contribution in [2.24, 2.45) is 0 Å². The predicted octanol–water partition coefficient (Wildman–Crippen LogP) is 5.08. The second-order valence-electron chi connectivity index (χ2n) is 7.76. The van der Waals surface area contributed by atoms with E-state index in [4.69, 9.17) is 25.2 Å². The minimum Gasteiger partial charge on any atom is -0.396 e. The highest BCUT2D eigenvalue weighted by Gasteiger charge is 2.22. The molecule has 10 heteroatoms. The highest BCUT2D eigenvalue weighted by atomic mass is 32.2. The van der Waals surface area contributed by atoms with Gasteiger partial charge in [-0.3, -0.25) is 9.19 Å². The Labute approximate surface area is 210 Å². The number of hydrogen-bond donors (Lipinski definition) is 1. The minimum atomic E-state index is -1.32. The summed E-state index contributed by atoms with van der Waals surface area (Å²) in [6.45, 7) is 4.36. The third-order valence-corrected chi connectivity index (χ3v) is 8.13. The van der Waals surface area contributed by atoms with Crippen molar-refractivity contribution >= 4 is 38.0 Å². The van der Waals surface area contributed by atoms with Gasteiger partial charge in [0, 0.05) is 42.5 Å². The van der Waals surface area contributed by atoms with Gasteiger partial charge in [-0.25, -0.2) is 14.4 Å². The number of pyridine rings is 1. The van der Waals surface area contributed by atoms with Crippen LogP contribution in [0.2, 0.25) is 0 Å². The first-order valence-electron chi connectivity index (χ1n) is 11.4. The maximum Gasteiger partial charge on any atom is 0.162 e. The number of anilines is 1. The molecule has 1 aromatic carbocycles. The van der Waals surface area contributed by atoms with E-state index in [2.05, 4.69) is 11.9 Å². The maximum atomic E-state index is 13.6. The number of nitrogens with zero attached hydrogens (tertiary/aromatic N) is 3. The number of nitrogen functional groups attached to an aromatic ring is 1. The molecule has 0 aliphatic carbocycles. The first-order chi connectivity index (χ1) is 17.1. The van der Waals surface area contributed by atoms with Crippen LogP contribution in [-0.4, -0.2) is 51.3 Å². The number of rotatable bonds is 12. The topological polar surface area (TPSA) is 100 Å². The highest BCUT2D eigenvalue weighted by Crippen LogP contribution is 2.41. The zero-order chi connectivity index (χ0) is 24.6. The van der Waals surface area contributed by atoms with Crippen LogP contribution in [0.1, 0.15) is 19.8 Å². The fourth-order valence-corrected chi connectivity index (χ4v) is 6.06. The van der Waals surface area contributed by atoms with E-state index < -0.39 is 10.8 Å². The molecule has 0 aliphatic rings. The number of ether oxygens (including phenoxy) is 2. The summed E-state index contributed by atoms with van der Waals surface area (Å²) in [5.74, 6) is 0.551. The molecule has 7 nitrogen and oxygen atoms in total. The third kappa shape index (κ3) is 6.26. The van der Waals surface area contributed by atoms with Gasteiger partial charge < -0.3 is 15.2 Å². The lowest BCUT2D eigenvalue weighted by molar-refractivity contribution is 0.0485. The molecule has 0 spiro atoms. The van der Waals surface area contributed by atoms with E-state index in [0.717, 1.165) is 18.6 Å². The van der Waals surface area contributed by atoms with Gasteiger partial charge >= 0.3 is 0 Å². The van der Waals surface area contributed by atoms with Crippen LogP contribution in [0.5, 0.6) is 0 Å². The van der Waals surface area contributed by atoms with E-state index in [1.165, 1.54) is 23.5 Å². The van der Waals surface area contributed by atoms with Gasteiger partial charge in [-0.2, -0.15) is 0 Å². The van der Waals surface area contributed by atoms with Gasteiger partial charge in [0.1, 0.15) is 14.9 Å². The van der Waals surface area contributed by atoms with Crippen molar-refractivity contribution in [1.82, 2.24) is 15.0 Å². The molecule has 1 atom stereocenters. The maximum absolute atomic E-state index is 13.6. The molecule has 4 rings (SSSR count). The molecular formula is C25H27FN4O3S2. The van der Waals surface area contributed by atoms with E-state index in [0.29, 0.717) is 69.2 Å². The molecule has 0 saturated heterocycles. The fourth-order valence-electron chi connectivity index (χ4n) is 3.46. The average molecular weight is 515 g/mol. The second kappa shape index (κ2) is 12.3. The largest absolute Gasteiger partial charge is 0.396 e.